The van der Waals surface area contributed by atoms with Crippen molar-refractivity contribution in [2.75, 3.05) is 6.54 Å². The molecule has 2 rings (SSSR count). The van der Waals surface area contributed by atoms with E-state index in [1.807, 2.05) is 13.8 Å². The molecule has 0 aromatic heterocycles. The molecule has 1 aliphatic rings. The Labute approximate surface area is 143 Å². The molecule has 0 bridgehead atoms. The second-order valence-electron chi connectivity index (χ2n) is 5.85. The fourth-order valence-corrected chi connectivity index (χ4v) is 4.79. The molecule has 1 amide bonds. The van der Waals surface area contributed by atoms with Gasteiger partial charge in [-0.3, -0.25) is 4.79 Å². The third-order valence-electron chi connectivity index (χ3n) is 4.23. The third-order valence-corrected chi connectivity index (χ3v) is 6.52. The minimum atomic E-state index is -3.76. The van der Waals surface area contributed by atoms with Crippen LogP contribution in [0.2, 0.25) is 5.02 Å². The van der Waals surface area contributed by atoms with E-state index >= 15 is 0 Å². The Morgan fingerprint density at radius 1 is 1.30 bits per heavy atom. The van der Waals surface area contributed by atoms with Crippen LogP contribution >= 0.6 is 11.6 Å². The molecule has 1 fully saturated rings. The second-order valence-corrected chi connectivity index (χ2v) is 8.13. The van der Waals surface area contributed by atoms with E-state index in [9.17, 15) is 13.2 Å². The highest BCUT2D eigenvalue weighted by Gasteiger charge is 2.38. The highest BCUT2D eigenvalue weighted by atomic mass is 35.5. The maximum atomic E-state index is 13.1. The van der Waals surface area contributed by atoms with Crippen molar-refractivity contribution in [2.45, 2.75) is 56.5 Å². The van der Waals surface area contributed by atoms with Gasteiger partial charge in [0, 0.05) is 17.6 Å². The van der Waals surface area contributed by atoms with Gasteiger partial charge in [-0.15, -0.1) is 0 Å². The van der Waals surface area contributed by atoms with Gasteiger partial charge in [0.25, 0.3) is 0 Å². The Morgan fingerprint density at radius 2 is 1.96 bits per heavy atom. The monoisotopic (exact) mass is 358 g/mol. The quantitative estimate of drug-likeness (QED) is 0.880. The van der Waals surface area contributed by atoms with Crippen molar-refractivity contribution in [1.82, 2.24) is 9.62 Å². The Bertz CT molecular complexity index is 646. The SMILES string of the molecule is CCC(C)N(C1CCCCNC1=O)S(=O)(=O)c1ccc(Cl)cc1. The summed E-state index contributed by atoms with van der Waals surface area (Å²) in [6.07, 6.45) is 2.88. The van der Waals surface area contributed by atoms with Gasteiger partial charge in [0.05, 0.1) is 4.90 Å². The molecule has 1 aromatic rings. The number of halogens is 1. The van der Waals surface area contributed by atoms with Crippen molar-refractivity contribution in [3.8, 4) is 0 Å². The Kier molecular flexibility index (Phi) is 6.06. The highest BCUT2D eigenvalue weighted by molar-refractivity contribution is 7.89. The fourth-order valence-electron chi connectivity index (χ4n) is 2.79. The number of hydrogen-bond acceptors (Lipinski definition) is 3. The summed E-state index contributed by atoms with van der Waals surface area (Å²) in [7, 11) is -3.76. The lowest BCUT2D eigenvalue weighted by atomic mass is 10.1. The molecule has 7 heteroatoms. The average molecular weight is 359 g/mol. The summed E-state index contributed by atoms with van der Waals surface area (Å²) in [5.41, 5.74) is 0. The molecule has 0 aliphatic carbocycles. The summed E-state index contributed by atoms with van der Waals surface area (Å²) < 4.78 is 27.6. The highest BCUT2D eigenvalue weighted by Crippen LogP contribution is 2.26. The summed E-state index contributed by atoms with van der Waals surface area (Å²) in [6, 6.07) is 5.16. The number of carbonyl (C=O) groups excluding carboxylic acids is 1. The fraction of sp³-hybridized carbons (Fsp3) is 0.562. The van der Waals surface area contributed by atoms with Crippen LogP contribution in [0.4, 0.5) is 0 Å². The zero-order valence-corrected chi connectivity index (χ0v) is 15.0. The molecule has 128 valence electrons. The summed E-state index contributed by atoms with van der Waals surface area (Å²) in [5.74, 6) is -0.208. The summed E-state index contributed by atoms with van der Waals surface area (Å²) >= 11 is 5.85. The van der Waals surface area contributed by atoms with Gasteiger partial charge in [0.15, 0.2) is 0 Å². The van der Waals surface area contributed by atoms with E-state index < -0.39 is 16.1 Å². The van der Waals surface area contributed by atoms with Gasteiger partial charge in [0.2, 0.25) is 15.9 Å². The molecule has 1 aromatic carbocycles. The second kappa shape index (κ2) is 7.64. The normalized spacial score (nSPS) is 20.9. The summed E-state index contributed by atoms with van der Waals surface area (Å²) in [4.78, 5) is 12.5. The number of hydrogen-bond donors (Lipinski definition) is 1. The first kappa shape index (κ1) is 18.2. The number of carbonyl (C=O) groups is 1. The van der Waals surface area contributed by atoms with Gasteiger partial charge >= 0.3 is 0 Å². The smallest absolute Gasteiger partial charge is 0.244 e. The van der Waals surface area contributed by atoms with Crippen molar-refractivity contribution in [1.29, 1.82) is 0 Å². The summed E-state index contributed by atoms with van der Waals surface area (Å²) in [5, 5.41) is 3.30. The first-order chi connectivity index (χ1) is 10.9. The maximum absolute atomic E-state index is 13.1. The summed E-state index contributed by atoms with van der Waals surface area (Å²) in [6.45, 7) is 4.36. The molecule has 0 saturated carbocycles. The molecule has 2 atom stereocenters. The maximum Gasteiger partial charge on any atom is 0.244 e. The van der Waals surface area contributed by atoms with E-state index in [0.717, 1.165) is 12.8 Å². The third kappa shape index (κ3) is 4.05. The lowest BCUT2D eigenvalue weighted by Crippen LogP contribution is -2.52. The van der Waals surface area contributed by atoms with Crippen LogP contribution in [0, 0.1) is 0 Å². The standard InChI is InChI=1S/C16H23ClN2O3S/c1-3-12(2)19(15-6-4-5-11-18-16(15)20)23(21,22)14-9-7-13(17)8-10-14/h7-10,12,15H,3-6,11H2,1-2H3,(H,18,20). The van der Waals surface area contributed by atoms with Crippen LogP contribution in [0.25, 0.3) is 0 Å². The first-order valence-electron chi connectivity index (χ1n) is 7.94. The molecule has 0 spiro atoms. The van der Waals surface area contributed by atoms with Crippen molar-refractivity contribution in [3.05, 3.63) is 29.3 Å². The predicted octanol–water partition coefficient (Wildman–Crippen LogP) is 2.80. The van der Waals surface area contributed by atoms with E-state index in [4.69, 9.17) is 11.6 Å². The molecule has 0 radical (unpaired) electrons. The van der Waals surface area contributed by atoms with Gasteiger partial charge in [-0.25, -0.2) is 8.42 Å². The van der Waals surface area contributed by atoms with Gasteiger partial charge in [-0.1, -0.05) is 18.5 Å². The molecule has 2 unspecified atom stereocenters. The molecule has 5 nitrogen and oxygen atoms in total. The number of nitrogens with zero attached hydrogens (tertiary/aromatic N) is 1. The van der Waals surface area contributed by atoms with Crippen LogP contribution in [-0.2, 0) is 14.8 Å². The molecular weight excluding hydrogens is 336 g/mol. The van der Waals surface area contributed by atoms with Crippen molar-refractivity contribution >= 4 is 27.5 Å². The lowest BCUT2D eigenvalue weighted by Gasteiger charge is -2.33. The van der Waals surface area contributed by atoms with Crippen LogP contribution < -0.4 is 5.32 Å². The van der Waals surface area contributed by atoms with Crippen LogP contribution in [0.1, 0.15) is 39.5 Å². The zero-order valence-electron chi connectivity index (χ0n) is 13.5. The average Bonchev–Trinajstić information content (AvgIpc) is 2.72. The minimum Gasteiger partial charge on any atom is -0.355 e. The van der Waals surface area contributed by atoms with Gasteiger partial charge < -0.3 is 5.32 Å². The topological polar surface area (TPSA) is 66.5 Å². The van der Waals surface area contributed by atoms with E-state index in [0.29, 0.717) is 24.4 Å². The minimum absolute atomic E-state index is 0.166. The zero-order chi connectivity index (χ0) is 17.0. The molecule has 1 aliphatic heterocycles. The van der Waals surface area contributed by atoms with E-state index in [1.165, 1.54) is 16.4 Å². The number of sulfonamides is 1. The van der Waals surface area contributed by atoms with Crippen LogP contribution in [-0.4, -0.2) is 37.3 Å². The molecular formula is C16H23ClN2O3S. The number of nitrogens with one attached hydrogen (secondary N) is 1. The van der Waals surface area contributed by atoms with Crippen LogP contribution in [0.3, 0.4) is 0 Å². The molecule has 23 heavy (non-hydrogen) atoms. The Morgan fingerprint density at radius 3 is 2.57 bits per heavy atom. The van der Waals surface area contributed by atoms with Crippen LogP contribution in [0.15, 0.2) is 29.2 Å². The van der Waals surface area contributed by atoms with Gasteiger partial charge in [0.1, 0.15) is 6.04 Å². The Balaban J connectivity index is 2.44. The lowest BCUT2D eigenvalue weighted by molar-refractivity contribution is -0.125. The number of benzene rings is 1. The van der Waals surface area contributed by atoms with E-state index in [1.54, 1.807) is 12.1 Å². The van der Waals surface area contributed by atoms with Crippen LogP contribution in [0.5, 0.6) is 0 Å². The molecule has 1 N–H and O–H groups in total. The number of amides is 1. The van der Waals surface area contributed by atoms with E-state index in [-0.39, 0.29) is 16.8 Å². The van der Waals surface area contributed by atoms with Crippen molar-refractivity contribution in [2.24, 2.45) is 0 Å². The molecule has 1 saturated heterocycles. The Hall–Kier alpha value is -1.11. The largest absolute Gasteiger partial charge is 0.355 e. The first-order valence-corrected chi connectivity index (χ1v) is 9.76. The predicted molar refractivity (Wildman–Crippen MR) is 90.9 cm³/mol. The van der Waals surface area contributed by atoms with Gasteiger partial charge in [-0.05, 0) is 56.9 Å². The van der Waals surface area contributed by atoms with E-state index in [2.05, 4.69) is 5.32 Å². The molecule has 1 heterocycles. The van der Waals surface area contributed by atoms with Crippen molar-refractivity contribution in [3.63, 3.8) is 0 Å². The van der Waals surface area contributed by atoms with Gasteiger partial charge in [-0.2, -0.15) is 4.31 Å². The number of rotatable bonds is 5. The van der Waals surface area contributed by atoms with Crippen molar-refractivity contribution < 1.29 is 13.2 Å².